The molecule has 0 amide bonds. The van der Waals surface area contributed by atoms with Gasteiger partial charge in [-0.15, -0.1) is 11.3 Å². The van der Waals surface area contributed by atoms with Gasteiger partial charge in [0.15, 0.2) is 0 Å². The van der Waals surface area contributed by atoms with Crippen LogP contribution in [0.25, 0.3) is 10.1 Å². The first-order chi connectivity index (χ1) is 8.24. The molecule has 0 spiro atoms. The SMILES string of the molecule is CCCCOC(=O)c1sc2ccccc2c1C. The average molecular weight is 248 g/mol. The number of esters is 1. The van der Waals surface area contributed by atoms with Crippen molar-refractivity contribution < 1.29 is 9.53 Å². The first kappa shape index (κ1) is 12.1. The molecule has 1 aromatic carbocycles. The number of aryl methyl sites for hydroxylation is 1. The second-order valence-corrected chi connectivity index (χ2v) is 5.09. The van der Waals surface area contributed by atoms with Gasteiger partial charge in [0, 0.05) is 4.70 Å². The molecular formula is C14H16O2S. The van der Waals surface area contributed by atoms with Crippen LogP contribution in [0.15, 0.2) is 24.3 Å². The predicted octanol–water partition coefficient (Wildman–Crippen LogP) is 4.17. The zero-order chi connectivity index (χ0) is 12.3. The van der Waals surface area contributed by atoms with Crippen LogP contribution >= 0.6 is 11.3 Å². The van der Waals surface area contributed by atoms with Crippen LogP contribution in [0.3, 0.4) is 0 Å². The number of hydrogen-bond donors (Lipinski definition) is 0. The standard InChI is InChI=1S/C14H16O2S/c1-3-4-9-16-14(15)13-10(2)11-7-5-6-8-12(11)17-13/h5-8H,3-4,9H2,1-2H3. The van der Waals surface area contributed by atoms with Crippen LogP contribution in [0.1, 0.15) is 35.0 Å². The lowest BCUT2D eigenvalue weighted by atomic mass is 10.1. The molecule has 0 aliphatic rings. The zero-order valence-corrected chi connectivity index (χ0v) is 11.0. The molecule has 0 aliphatic heterocycles. The smallest absolute Gasteiger partial charge is 0.348 e. The van der Waals surface area contributed by atoms with E-state index in [1.807, 2.05) is 31.2 Å². The number of rotatable bonds is 4. The second kappa shape index (κ2) is 5.32. The first-order valence-corrected chi connectivity index (χ1v) is 6.71. The minimum atomic E-state index is -0.183. The molecule has 3 heteroatoms. The molecule has 90 valence electrons. The zero-order valence-electron chi connectivity index (χ0n) is 10.2. The summed E-state index contributed by atoms with van der Waals surface area (Å²) in [6.45, 7) is 4.58. The Balaban J connectivity index is 2.23. The molecule has 0 fully saturated rings. The minimum Gasteiger partial charge on any atom is -0.462 e. The van der Waals surface area contributed by atoms with Crippen LogP contribution in [0, 0.1) is 6.92 Å². The highest BCUT2D eigenvalue weighted by atomic mass is 32.1. The number of hydrogen-bond acceptors (Lipinski definition) is 3. The van der Waals surface area contributed by atoms with Crippen molar-refractivity contribution in [1.82, 2.24) is 0 Å². The lowest BCUT2D eigenvalue weighted by molar-refractivity contribution is 0.0505. The second-order valence-electron chi connectivity index (χ2n) is 4.04. The average Bonchev–Trinajstić information content (AvgIpc) is 2.68. The summed E-state index contributed by atoms with van der Waals surface area (Å²) >= 11 is 1.52. The van der Waals surface area contributed by atoms with Crippen molar-refractivity contribution in [3.8, 4) is 0 Å². The van der Waals surface area contributed by atoms with Crippen LogP contribution < -0.4 is 0 Å². The van der Waals surface area contributed by atoms with E-state index in [-0.39, 0.29) is 5.97 Å². The topological polar surface area (TPSA) is 26.3 Å². The van der Waals surface area contributed by atoms with E-state index in [1.165, 1.54) is 11.3 Å². The third-order valence-electron chi connectivity index (χ3n) is 2.76. The number of unbranched alkanes of at least 4 members (excludes halogenated alkanes) is 1. The van der Waals surface area contributed by atoms with Gasteiger partial charge < -0.3 is 4.74 Å². The summed E-state index contributed by atoms with van der Waals surface area (Å²) in [5.74, 6) is -0.183. The number of carbonyl (C=O) groups excluding carboxylic acids is 1. The van der Waals surface area contributed by atoms with Gasteiger partial charge in [-0.25, -0.2) is 4.79 Å². The summed E-state index contributed by atoms with van der Waals surface area (Å²) in [6.07, 6.45) is 1.97. The van der Waals surface area contributed by atoms with Gasteiger partial charge in [0.25, 0.3) is 0 Å². The summed E-state index contributed by atoms with van der Waals surface area (Å²) in [5, 5.41) is 1.15. The molecule has 0 N–H and O–H groups in total. The number of benzene rings is 1. The van der Waals surface area contributed by atoms with Crippen molar-refractivity contribution >= 4 is 27.4 Å². The minimum absolute atomic E-state index is 0.183. The molecule has 1 aromatic heterocycles. The Morgan fingerprint density at radius 2 is 2.12 bits per heavy atom. The van der Waals surface area contributed by atoms with Crippen molar-refractivity contribution in [2.75, 3.05) is 6.61 Å². The molecule has 0 saturated carbocycles. The maximum absolute atomic E-state index is 11.9. The maximum Gasteiger partial charge on any atom is 0.348 e. The van der Waals surface area contributed by atoms with E-state index in [1.54, 1.807) is 0 Å². The quantitative estimate of drug-likeness (QED) is 0.599. The fraction of sp³-hybridized carbons (Fsp3) is 0.357. The molecule has 0 radical (unpaired) electrons. The van der Waals surface area contributed by atoms with Gasteiger partial charge in [0.1, 0.15) is 4.88 Å². The summed E-state index contributed by atoms with van der Waals surface area (Å²) in [4.78, 5) is 12.6. The Morgan fingerprint density at radius 1 is 1.35 bits per heavy atom. The van der Waals surface area contributed by atoms with E-state index in [0.29, 0.717) is 6.61 Å². The van der Waals surface area contributed by atoms with E-state index in [2.05, 4.69) is 6.92 Å². The van der Waals surface area contributed by atoms with E-state index >= 15 is 0 Å². The molecule has 0 atom stereocenters. The molecular weight excluding hydrogens is 232 g/mol. The van der Waals surface area contributed by atoms with Crippen LogP contribution in [-0.4, -0.2) is 12.6 Å². The third-order valence-corrected chi connectivity index (χ3v) is 4.01. The van der Waals surface area contributed by atoms with Gasteiger partial charge in [0.05, 0.1) is 6.61 Å². The summed E-state index contributed by atoms with van der Waals surface area (Å²) in [6, 6.07) is 8.07. The lowest BCUT2D eigenvalue weighted by Gasteiger charge is -2.02. The van der Waals surface area contributed by atoms with Gasteiger partial charge in [-0.05, 0) is 30.4 Å². The summed E-state index contributed by atoms with van der Waals surface area (Å²) in [5.41, 5.74) is 1.03. The van der Waals surface area contributed by atoms with Crippen molar-refractivity contribution in [2.24, 2.45) is 0 Å². The molecule has 17 heavy (non-hydrogen) atoms. The van der Waals surface area contributed by atoms with Crippen LogP contribution in [0.5, 0.6) is 0 Å². The molecule has 0 aliphatic carbocycles. The number of thiophene rings is 1. The Labute approximate surface area is 105 Å². The highest BCUT2D eigenvalue weighted by molar-refractivity contribution is 7.21. The van der Waals surface area contributed by atoms with Gasteiger partial charge >= 0.3 is 5.97 Å². The van der Waals surface area contributed by atoms with E-state index in [0.717, 1.165) is 33.4 Å². The normalized spacial score (nSPS) is 10.7. The largest absolute Gasteiger partial charge is 0.462 e. The molecule has 2 aromatic rings. The molecule has 1 heterocycles. The monoisotopic (exact) mass is 248 g/mol. The fourth-order valence-corrected chi connectivity index (χ4v) is 2.85. The van der Waals surface area contributed by atoms with Gasteiger partial charge in [-0.3, -0.25) is 0 Å². The number of carbonyl (C=O) groups is 1. The van der Waals surface area contributed by atoms with Crippen molar-refractivity contribution in [1.29, 1.82) is 0 Å². The summed E-state index contributed by atoms with van der Waals surface area (Å²) < 4.78 is 6.40. The Kier molecular flexibility index (Phi) is 3.79. The van der Waals surface area contributed by atoms with Gasteiger partial charge in [-0.1, -0.05) is 31.5 Å². The number of ether oxygens (including phenoxy) is 1. The van der Waals surface area contributed by atoms with E-state index < -0.39 is 0 Å². The van der Waals surface area contributed by atoms with E-state index in [9.17, 15) is 4.79 Å². The van der Waals surface area contributed by atoms with Crippen molar-refractivity contribution in [3.63, 3.8) is 0 Å². The van der Waals surface area contributed by atoms with E-state index in [4.69, 9.17) is 4.74 Å². The van der Waals surface area contributed by atoms with Crippen LogP contribution in [-0.2, 0) is 4.74 Å². The maximum atomic E-state index is 11.9. The first-order valence-electron chi connectivity index (χ1n) is 5.89. The highest BCUT2D eigenvalue weighted by Crippen LogP contribution is 2.30. The lowest BCUT2D eigenvalue weighted by Crippen LogP contribution is -2.05. The Morgan fingerprint density at radius 3 is 2.82 bits per heavy atom. The van der Waals surface area contributed by atoms with Crippen LogP contribution in [0.2, 0.25) is 0 Å². The fourth-order valence-electron chi connectivity index (χ4n) is 1.74. The molecule has 2 nitrogen and oxygen atoms in total. The van der Waals surface area contributed by atoms with Gasteiger partial charge in [0.2, 0.25) is 0 Å². The molecule has 0 unspecified atom stereocenters. The highest BCUT2D eigenvalue weighted by Gasteiger charge is 2.15. The summed E-state index contributed by atoms with van der Waals surface area (Å²) in [7, 11) is 0. The van der Waals surface area contributed by atoms with Crippen LogP contribution in [0.4, 0.5) is 0 Å². The Hall–Kier alpha value is -1.35. The molecule has 0 bridgehead atoms. The Bertz CT molecular complexity index is 528. The van der Waals surface area contributed by atoms with Gasteiger partial charge in [-0.2, -0.15) is 0 Å². The van der Waals surface area contributed by atoms with Crippen molar-refractivity contribution in [3.05, 3.63) is 34.7 Å². The van der Waals surface area contributed by atoms with Crippen molar-refractivity contribution in [2.45, 2.75) is 26.7 Å². The number of fused-ring (bicyclic) bond motifs is 1. The molecule has 2 rings (SSSR count). The third kappa shape index (κ3) is 2.50. The molecule has 0 saturated heterocycles. The predicted molar refractivity (Wildman–Crippen MR) is 71.8 cm³/mol.